The van der Waals surface area contributed by atoms with Gasteiger partial charge in [-0.1, -0.05) is 46.8 Å². The molecule has 5 aliphatic carbocycles. The number of nitrogens with one attached hydrogen (secondary N) is 1. The van der Waals surface area contributed by atoms with Crippen LogP contribution in [0.4, 0.5) is 4.79 Å². The fourth-order valence-electron chi connectivity index (χ4n) is 12.1. The zero-order chi connectivity index (χ0) is 28.8. The Balaban J connectivity index is 1.46. The van der Waals surface area contributed by atoms with E-state index in [0.29, 0.717) is 23.7 Å². The Morgan fingerprint density at radius 1 is 0.872 bits per heavy atom. The number of fused-ring (bicyclic) bond motifs is 7. The fourth-order valence-corrected chi connectivity index (χ4v) is 12.1. The summed E-state index contributed by atoms with van der Waals surface area (Å²) in [6.45, 7) is 22.8. The second-order valence-electron chi connectivity index (χ2n) is 16.2. The summed E-state index contributed by atoms with van der Waals surface area (Å²) < 4.78 is 6.08. The second kappa shape index (κ2) is 9.24. The number of aliphatic carboxylic acids is 1. The number of carboxylic acid groups (broad SMARTS) is 1. The van der Waals surface area contributed by atoms with Gasteiger partial charge in [0.2, 0.25) is 0 Å². The number of hydrogen-bond donors (Lipinski definition) is 2. The first-order valence-corrected chi connectivity index (χ1v) is 15.9. The van der Waals surface area contributed by atoms with Gasteiger partial charge in [-0.2, -0.15) is 0 Å². The molecule has 0 bridgehead atoms. The highest BCUT2D eigenvalue weighted by Gasteiger charge is 2.72. The minimum Gasteiger partial charge on any atom is -0.481 e. The van der Waals surface area contributed by atoms with Crippen LogP contribution in [0.5, 0.6) is 0 Å². The van der Waals surface area contributed by atoms with Crippen molar-refractivity contribution in [1.29, 1.82) is 0 Å². The van der Waals surface area contributed by atoms with Crippen LogP contribution in [-0.2, 0) is 9.53 Å². The van der Waals surface area contributed by atoms with Gasteiger partial charge in [-0.15, -0.1) is 0 Å². The van der Waals surface area contributed by atoms with Crippen molar-refractivity contribution in [2.24, 2.45) is 56.7 Å². The van der Waals surface area contributed by atoms with Crippen LogP contribution in [0.1, 0.15) is 120 Å². The van der Waals surface area contributed by atoms with Gasteiger partial charge in [-0.25, -0.2) is 4.79 Å². The van der Waals surface area contributed by atoms with Gasteiger partial charge in [0.25, 0.3) is 0 Å². The highest BCUT2D eigenvalue weighted by atomic mass is 16.6. The molecule has 5 heteroatoms. The van der Waals surface area contributed by atoms with Gasteiger partial charge >= 0.3 is 12.1 Å². The lowest BCUT2D eigenvalue weighted by molar-refractivity contribution is -0.247. The van der Waals surface area contributed by atoms with E-state index >= 15 is 0 Å². The summed E-state index contributed by atoms with van der Waals surface area (Å²) in [6.07, 6.45) is 9.98. The lowest BCUT2D eigenvalue weighted by atomic mass is 9.32. The van der Waals surface area contributed by atoms with E-state index in [-0.39, 0.29) is 45.8 Å². The molecule has 5 fully saturated rings. The van der Waals surface area contributed by atoms with Crippen molar-refractivity contribution in [3.8, 4) is 0 Å². The van der Waals surface area contributed by atoms with Crippen LogP contribution in [0.3, 0.4) is 0 Å². The first-order chi connectivity index (χ1) is 18.0. The normalized spacial score (nSPS) is 48.2. The Kier molecular flexibility index (Phi) is 6.87. The van der Waals surface area contributed by atoms with Crippen molar-refractivity contribution in [2.45, 2.75) is 132 Å². The first-order valence-electron chi connectivity index (χ1n) is 15.9. The van der Waals surface area contributed by atoms with Crippen LogP contribution in [0, 0.1) is 56.7 Å². The van der Waals surface area contributed by atoms with Crippen LogP contribution in [0.2, 0.25) is 0 Å². The van der Waals surface area contributed by atoms with Crippen molar-refractivity contribution in [3.63, 3.8) is 0 Å². The van der Waals surface area contributed by atoms with Crippen molar-refractivity contribution >= 4 is 12.1 Å². The van der Waals surface area contributed by atoms with E-state index < -0.39 is 11.4 Å². The van der Waals surface area contributed by atoms with Gasteiger partial charge in [0.15, 0.2) is 0 Å². The summed E-state index contributed by atoms with van der Waals surface area (Å²) in [4.78, 5) is 25.5. The van der Waals surface area contributed by atoms with Crippen LogP contribution < -0.4 is 5.32 Å². The first kappa shape index (κ1) is 29.0. The quantitative estimate of drug-likeness (QED) is 0.352. The summed E-state index contributed by atoms with van der Waals surface area (Å²) in [7, 11) is 0. The number of amides is 1. The van der Waals surface area contributed by atoms with Crippen molar-refractivity contribution in [1.82, 2.24) is 5.32 Å². The summed E-state index contributed by atoms with van der Waals surface area (Å²) >= 11 is 0. The van der Waals surface area contributed by atoms with Gasteiger partial charge in [0.1, 0.15) is 6.10 Å². The number of hydrogen-bond acceptors (Lipinski definition) is 3. The molecule has 39 heavy (non-hydrogen) atoms. The summed E-state index contributed by atoms with van der Waals surface area (Å²) in [5.74, 6) is 1.56. The standard InChI is InChI=1S/C34H55NO4/c1-20(2)22-12-17-34(28(36)37)19-18-32(8)23(27(22)34)10-11-25-31(7)15-14-26(39-29(38)35-21(3)4)30(5,6)24(31)13-16-33(25,32)9/h21-27H,1,10-19H2,2-9H3,(H,35,38)(H,36,37)/t22-,23+,24-,25+,26-,27+,31-,32+,33+,34-/m0/s1. The number of alkyl carbamates (subject to hydrolysis) is 1. The molecule has 1 amide bonds. The van der Waals surface area contributed by atoms with E-state index in [0.717, 1.165) is 51.4 Å². The molecular weight excluding hydrogens is 486 g/mol. The van der Waals surface area contributed by atoms with E-state index in [2.05, 4.69) is 53.4 Å². The molecule has 10 atom stereocenters. The molecule has 5 saturated carbocycles. The predicted molar refractivity (Wildman–Crippen MR) is 155 cm³/mol. The number of carbonyl (C=O) groups is 2. The fraction of sp³-hybridized carbons (Fsp3) is 0.882. The molecule has 0 aromatic rings. The number of rotatable bonds is 4. The Hall–Kier alpha value is -1.52. The Morgan fingerprint density at radius 2 is 1.56 bits per heavy atom. The molecule has 0 aromatic carbocycles. The third-order valence-corrected chi connectivity index (χ3v) is 14.1. The van der Waals surface area contributed by atoms with Crippen molar-refractivity contribution in [2.75, 3.05) is 0 Å². The molecule has 0 radical (unpaired) electrons. The van der Waals surface area contributed by atoms with E-state index in [1.807, 2.05) is 13.8 Å². The summed E-state index contributed by atoms with van der Waals surface area (Å²) in [5.41, 5.74) is 1.07. The van der Waals surface area contributed by atoms with Gasteiger partial charge < -0.3 is 15.2 Å². The molecule has 0 saturated heterocycles. The average molecular weight is 542 g/mol. The number of allylic oxidation sites excluding steroid dienone is 1. The summed E-state index contributed by atoms with van der Waals surface area (Å²) in [6, 6.07) is 0.0699. The zero-order valence-corrected chi connectivity index (χ0v) is 26.0. The maximum Gasteiger partial charge on any atom is 0.407 e. The van der Waals surface area contributed by atoms with Gasteiger partial charge in [0.05, 0.1) is 5.41 Å². The topological polar surface area (TPSA) is 75.6 Å². The molecule has 0 spiro atoms. The zero-order valence-electron chi connectivity index (χ0n) is 26.0. The number of ether oxygens (including phenoxy) is 1. The lowest BCUT2D eigenvalue weighted by Gasteiger charge is -2.72. The lowest BCUT2D eigenvalue weighted by Crippen LogP contribution is -2.67. The third-order valence-electron chi connectivity index (χ3n) is 14.1. The Morgan fingerprint density at radius 3 is 2.18 bits per heavy atom. The Bertz CT molecular complexity index is 1030. The monoisotopic (exact) mass is 541 g/mol. The van der Waals surface area contributed by atoms with Crippen LogP contribution in [0.15, 0.2) is 12.2 Å². The van der Waals surface area contributed by atoms with E-state index in [9.17, 15) is 14.7 Å². The van der Waals surface area contributed by atoms with Crippen LogP contribution in [0.25, 0.3) is 0 Å². The van der Waals surface area contributed by atoms with Gasteiger partial charge in [-0.3, -0.25) is 4.79 Å². The van der Waals surface area contributed by atoms with E-state index in [4.69, 9.17) is 4.74 Å². The highest BCUT2D eigenvalue weighted by molar-refractivity contribution is 5.76. The molecule has 5 nitrogen and oxygen atoms in total. The van der Waals surface area contributed by atoms with E-state index in [1.165, 1.54) is 18.4 Å². The number of carboxylic acids is 1. The maximum atomic E-state index is 12.9. The third kappa shape index (κ3) is 3.90. The minimum absolute atomic E-state index is 0.0636. The summed E-state index contributed by atoms with van der Waals surface area (Å²) in [5, 5.41) is 13.5. The largest absolute Gasteiger partial charge is 0.481 e. The second-order valence-corrected chi connectivity index (χ2v) is 16.2. The van der Waals surface area contributed by atoms with Gasteiger partial charge in [-0.05, 0) is 131 Å². The Labute approximate surface area is 237 Å². The molecule has 0 aliphatic heterocycles. The molecule has 5 rings (SSSR count). The molecular formula is C34H55NO4. The molecule has 2 N–H and O–H groups in total. The highest BCUT2D eigenvalue weighted by Crippen LogP contribution is 2.77. The molecule has 0 unspecified atom stereocenters. The SMILES string of the molecule is C=C(C)[C@@H]1CC[C@]2(C(=O)O)CC[C@]3(C)[C@H](CC[C@@H]4[C@@]5(C)CC[C@H](OC(=O)NC(C)C)C(C)(C)[C@@H]5CC[C@]43C)[C@@H]12. The molecule has 0 heterocycles. The average Bonchev–Trinajstić information content (AvgIpc) is 3.22. The van der Waals surface area contributed by atoms with Crippen LogP contribution >= 0.6 is 0 Å². The molecule has 5 aliphatic rings. The van der Waals surface area contributed by atoms with Crippen molar-refractivity contribution in [3.05, 3.63) is 12.2 Å². The maximum absolute atomic E-state index is 12.9. The van der Waals surface area contributed by atoms with Gasteiger partial charge in [0, 0.05) is 11.5 Å². The molecule has 220 valence electrons. The van der Waals surface area contributed by atoms with E-state index in [1.54, 1.807) is 0 Å². The smallest absolute Gasteiger partial charge is 0.407 e. The van der Waals surface area contributed by atoms with Crippen LogP contribution in [-0.4, -0.2) is 29.3 Å². The molecule has 0 aromatic heterocycles. The van der Waals surface area contributed by atoms with Crippen molar-refractivity contribution < 1.29 is 19.4 Å². The predicted octanol–water partition coefficient (Wildman–Crippen LogP) is 8.23. The number of carbonyl (C=O) groups excluding carboxylic acids is 1. The minimum atomic E-state index is -0.563.